The number of aliphatic hydroxyl groups excluding tert-OH is 1. The lowest BCUT2D eigenvalue weighted by molar-refractivity contribution is -0.117. The van der Waals surface area contributed by atoms with Crippen LogP contribution in [0.2, 0.25) is 0 Å². The molecule has 0 saturated carbocycles. The Hall–Kier alpha value is -4.45. The summed E-state index contributed by atoms with van der Waals surface area (Å²) in [5.41, 5.74) is 2.72. The van der Waals surface area contributed by atoms with Crippen molar-refractivity contribution >= 4 is 29.4 Å². The number of aliphatic hydroxyl groups is 1. The lowest BCUT2D eigenvalue weighted by Crippen LogP contribution is -2.31. The van der Waals surface area contributed by atoms with Gasteiger partial charge >= 0.3 is 5.97 Å². The molecule has 3 aromatic rings. The summed E-state index contributed by atoms with van der Waals surface area (Å²) in [6, 6.07) is 21.7. The monoisotopic (exact) mass is 467 g/mol. The molecule has 35 heavy (non-hydrogen) atoms. The van der Waals surface area contributed by atoms with Gasteiger partial charge < -0.3 is 10.2 Å². The van der Waals surface area contributed by atoms with Gasteiger partial charge in [0.2, 0.25) is 0 Å². The van der Waals surface area contributed by atoms with E-state index in [4.69, 9.17) is 0 Å². The lowest BCUT2D eigenvalue weighted by atomic mass is 9.93. The SMILES string of the molecule is CC(C)c1ccc([C@@H]2C(C(=O)/C=C/c3ccccc3)=C(O)C(=O)N2c2cccc(C(=O)O)c2)cc1. The average Bonchev–Trinajstić information content (AvgIpc) is 3.13. The van der Waals surface area contributed by atoms with Crippen LogP contribution in [0, 0.1) is 0 Å². The highest BCUT2D eigenvalue weighted by Gasteiger charge is 2.43. The number of carboxylic acids is 1. The Kier molecular flexibility index (Phi) is 6.64. The van der Waals surface area contributed by atoms with Crippen molar-refractivity contribution in [1.29, 1.82) is 0 Å². The zero-order valence-electron chi connectivity index (χ0n) is 19.4. The van der Waals surface area contributed by atoms with Gasteiger partial charge in [-0.05, 0) is 46.9 Å². The molecule has 176 valence electrons. The molecule has 0 radical (unpaired) electrons. The second kappa shape index (κ2) is 9.81. The second-order valence-corrected chi connectivity index (χ2v) is 8.63. The van der Waals surface area contributed by atoms with Crippen LogP contribution in [0.4, 0.5) is 5.69 Å². The van der Waals surface area contributed by atoms with Gasteiger partial charge in [0, 0.05) is 5.69 Å². The van der Waals surface area contributed by atoms with Crippen LogP contribution >= 0.6 is 0 Å². The number of aromatic carboxylic acids is 1. The van der Waals surface area contributed by atoms with Crippen molar-refractivity contribution in [2.24, 2.45) is 0 Å². The van der Waals surface area contributed by atoms with Crippen molar-refractivity contribution in [3.05, 3.63) is 119 Å². The number of amides is 1. The number of allylic oxidation sites excluding steroid dienone is 1. The van der Waals surface area contributed by atoms with Crippen molar-refractivity contribution in [2.75, 3.05) is 4.90 Å². The highest BCUT2D eigenvalue weighted by Crippen LogP contribution is 2.41. The quantitative estimate of drug-likeness (QED) is 0.435. The van der Waals surface area contributed by atoms with E-state index in [1.165, 1.54) is 29.2 Å². The first-order valence-electron chi connectivity index (χ1n) is 11.2. The molecule has 0 unspecified atom stereocenters. The third kappa shape index (κ3) is 4.77. The predicted octanol–water partition coefficient (Wildman–Crippen LogP) is 5.69. The largest absolute Gasteiger partial charge is 0.503 e. The number of hydrogen-bond acceptors (Lipinski definition) is 4. The summed E-state index contributed by atoms with van der Waals surface area (Å²) in [6.45, 7) is 4.12. The third-order valence-electron chi connectivity index (χ3n) is 5.99. The first-order valence-corrected chi connectivity index (χ1v) is 11.2. The minimum Gasteiger partial charge on any atom is -0.503 e. The number of nitrogens with zero attached hydrogens (tertiary/aromatic N) is 1. The Balaban J connectivity index is 1.81. The first-order chi connectivity index (χ1) is 16.8. The van der Waals surface area contributed by atoms with Gasteiger partial charge in [-0.15, -0.1) is 0 Å². The minimum absolute atomic E-state index is 0.00699. The molecule has 1 amide bonds. The van der Waals surface area contributed by atoms with Crippen molar-refractivity contribution < 1.29 is 24.6 Å². The molecule has 3 aromatic carbocycles. The molecule has 6 heteroatoms. The summed E-state index contributed by atoms with van der Waals surface area (Å²) in [6.07, 6.45) is 2.96. The van der Waals surface area contributed by atoms with Gasteiger partial charge in [0.05, 0.1) is 17.2 Å². The number of carbonyl (C=O) groups is 3. The molecule has 6 nitrogen and oxygen atoms in total. The molecule has 1 heterocycles. The Morgan fingerprint density at radius 3 is 2.26 bits per heavy atom. The van der Waals surface area contributed by atoms with Crippen LogP contribution in [0.15, 0.2) is 96.3 Å². The van der Waals surface area contributed by atoms with Crippen LogP contribution in [-0.4, -0.2) is 27.9 Å². The van der Waals surface area contributed by atoms with Crippen LogP contribution in [0.25, 0.3) is 6.08 Å². The molecule has 1 aliphatic rings. The van der Waals surface area contributed by atoms with Gasteiger partial charge in [-0.3, -0.25) is 14.5 Å². The van der Waals surface area contributed by atoms with E-state index in [0.29, 0.717) is 5.56 Å². The van der Waals surface area contributed by atoms with E-state index in [-0.39, 0.29) is 22.7 Å². The molecule has 0 fully saturated rings. The Morgan fingerprint density at radius 2 is 1.63 bits per heavy atom. The lowest BCUT2D eigenvalue weighted by Gasteiger charge is -2.27. The maximum absolute atomic E-state index is 13.3. The van der Waals surface area contributed by atoms with Gasteiger partial charge in [-0.25, -0.2) is 4.79 Å². The van der Waals surface area contributed by atoms with Crippen LogP contribution in [-0.2, 0) is 9.59 Å². The summed E-state index contributed by atoms with van der Waals surface area (Å²) in [5.74, 6) is -2.77. The van der Waals surface area contributed by atoms with E-state index < -0.39 is 29.5 Å². The van der Waals surface area contributed by atoms with Crippen molar-refractivity contribution in [3.63, 3.8) is 0 Å². The zero-order valence-corrected chi connectivity index (χ0v) is 19.4. The number of rotatable bonds is 7. The highest BCUT2D eigenvalue weighted by atomic mass is 16.4. The van der Waals surface area contributed by atoms with E-state index >= 15 is 0 Å². The molecule has 0 aliphatic carbocycles. The topological polar surface area (TPSA) is 94.9 Å². The van der Waals surface area contributed by atoms with Crippen molar-refractivity contribution in [1.82, 2.24) is 0 Å². The third-order valence-corrected chi connectivity index (χ3v) is 5.99. The molecule has 0 spiro atoms. The van der Waals surface area contributed by atoms with E-state index in [1.54, 1.807) is 12.1 Å². The molecular formula is C29H25NO5. The van der Waals surface area contributed by atoms with Gasteiger partial charge in [0.1, 0.15) is 0 Å². The Morgan fingerprint density at radius 1 is 0.943 bits per heavy atom. The maximum Gasteiger partial charge on any atom is 0.335 e. The smallest absolute Gasteiger partial charge is 0.335 e. The molecule has 1 atom stereocenters. The molecule has 1 aliphatic heterocycles. The summed E-state index contributed by atoms with van der Waals surface area (Å²) in [5, 5.41) is 20.3. The first kappa shape index (κ1) is 23.7. The number of carbonyl (C=O) groups excluding carboxylic acids is 2. The van der Waals surface area contributed by atoms with Crippen molar-refractivity contribution in [3.8, 4) is 0 Å². The number of benzene rings is 3. The number of hydrogen-bond donors (Lipinski definition) is 2. The fourth-order valence-electron chi connectivity index (χ4n) is 4.12. The zero-order chi connectivity index (χ0) is 25.1. The molecule has 0 bridgehead atoms. The molecule has 4 rings (SSSR count). The van der Waals surface area contributed by atoms with Crippen LogP contribution < -0.4 is 4.90 Å². The summed E-state index contributed by atoms with van der Waals surface area (Å²) in [7, 11) is 0. The standard InChI is InChI=1S/C29H25NO5/c1-18(2)20-12-14-21(15-13-20)26-25(24(31)16-11-19-7-4-3-5-8-19)27(32)28(33)30(26)23-10-6-9-22(17-23)29(34)35/h3-18,26,32H,1-2H3,(H,34,35)/b16-11+/t26-/m1/s1. The van der Waals surface area contributed by atoms with E-state index in [2.05, 4.69) is 13.8 Å². The van der Waals surface area contributed by atoms with Crippen LogP contribution in [0.1, 0.15) is 52.9 Å². The average molecular weight is 468 g/mol. The maximum atomic E-state index is 13.3. The molecular weight excluding hydrogens is 442 g/mol. The molecule has 0 aromatic heterocycles. The summed E-state index contributed by atoms with van der Waals surface area (Å²) < 4.78 is 0. The van der Waals surface area contributed by atoms with Crippen LogP contribution in [0.3, 0.4) is 0 Å². The van der Waals surface area contributed by atoms with Gasteiger partial charge in [-0.1, -0.05) is 80.6 Å². The Bertz CT molecular complexity index is 1340. The van der Waals surface area contributed by atoms with Crippen LogP contribution in [0.5, 0.6) is 0 Å². The summed E-state index contributed by atoms with van der Waals surface area (Å²) in [4.78, 5) is 39.3. The Labute approximate surface area is 203 Å². The van der Waals surface area contributed by atoms with Crippen molar-refractivity contribution in [2.45, 2.75) is 25.8 Å². The second-order valence-electron chi connectivity index (χ2n) is 8.63. The number of carboxylic acid groups (broad SMARTS) is 1. The predicted molar refractivity (Wildman–Crippen MR) is 134 cm³/mol. The van der Waals surface area contributed by atoms with Gasteiger partial charge in [-0.2, -0.15) is 0 Å². The van der Waals surface area contributed by atoms with E-state index in [9.17, 15) is 24.6 Å². The van der Waals surface area contributed by atoms with E-state index in [1.807, 2.05) is 54.6 Å². The fourth-order valence-corrected chi connectivity index (χ4v) is 4.12. The molecule has 2 N–H and O–H groups in total. The fraction of sp³-hybridized carbons (Fsp3) is 0.138. The summed E-state index contributed by atoms with van der Waals surface area (Å²) >= 11 is 0. The van der Waals surface area contributed by atoms with Gasteiger partial charge in [0.25, 0.3) is 5.91 Å². The number of ketones is 1. The normalized spacial score (nSPS) is 15.9. The van der Waals surface area contributed by atoms with Gasteiger partial charge in [0.15, 0.2) is 11.5 Å². The van der Waals surface area contributed by atoms with E-state index in [0.717, 1.165) is 11.1 Å². The molecule has 0 saturated heterocycles. The number of anilines is 1. The minimum atomic E-state index is -1.14. The highest BCUT2D eigenvalue weighted by molar-refractivity contribution is 6.20.